The molecule has 0 aliphatic carbocycles. The van der Waals surface area contributed by atoms with Crippen LogP contribution in [0.4, 0.5) is 5.69 Å². The molecule has 3 heterocycles. The van der Waals surface area contributed by atoms with Gasteiger partial charge >= 0.3 is 0 Å². The van der Waals surface area contributed by atoms with E-state index in [-0.39, 0.29) is 42.7 Å². The molecule has 1 aromatic heterocycles. The molecule has 2 saturated heterocycles. The number of amides is 1. The molecule has 6 nitrogen and oxygen atoms in total. The highest BCUT2D eigenvalue weighted by Crippen LogP contribution is 2.28. The molecule has 1 amide bonds. The highest BCUT2D eigenvalue weighted by Gasteiger charge is 2.23. The minimum Gasteiger partial charge on any atom is -0.370 e. The van der Waals surface area contributed by atoms with Crippen molar-refractivity contribution in [3.63, 3.8) is 0 Å². The number of aromatic nitrogens is 2. The Balaban J connectivity index is 0.00000104. The predicted molar refractivity (Wildman–Crippen MR) is 98.1 cm³/mol. The van der Waals surface area contributed by atoms with Gasteiger partial charge in [-0.3, -0.25) is 4.79 Å². The van der Waals surface area contributed by atoms with Crippen LogP contribution < -0.4 is 10.6 Å². The topological polar surface area (TPSA) is 79.0 Å². The second kappa shape index (κ2) is 8.16. The third kappa shape index (κ3) is 3.83. The molecule has 4 rings (SSSR count). The number of nitrogens with one attached hydrogen (secondary N) is 3. The van der Waals surface area contributed by atoms with Gasteiger partial charge in [-0.15, -0.1) is 24.8 Å². The van der Waals surface area contributed by atoms with Crippen LogP contribution in [0.15, 0.2) is 18.2 Å². The van der Waals surface area contributed by atoms with Crippen molar-refractivity contribution in [2.75, 3.05) is 25.0 Å². The molecule has 2 atom stereocenters. The first-order valence-electron chi connectivity index (χ1n) is 7.92. The summed E-state index contributed by atoms with van der Waals surface area (Å²) in [5.41, 5.74) is 2.66. The van der Waals surface area contributed by atoms with Crippen molar-refractivity contribution in [2.24, 2.45) is 5.92 Å². The summed E-state index contributed by atoms with van der Waals surface area (Å²) < 4.78 is 5.66. The Labute approximate surface area is 152 Å². The van der Waals surface area contributed by atoms with Crippen molar-refractivity contribution < 1.29 is 9.53 Å². The standard InChI is InChI=1S/C16H20N4O2.2ClH/c21-16(10-5-6-17-9-10)18-11-3-4-12-13(8-11)20-15(19-12)14-2-1-7-22-14;;/h3-4,8,10,14,17H,1-2,5-7,9H2,(H,18,21)(H,19,20);2*1H. The lowest BCUT2D eigenvalue weighted by Crippen LogP contribution is -2.24. The SMILES string of the molecule is Cl.Cl.O=C(Nc1ccc2nc(C3CCCO3)[nH]c2c1)C1CCNC1. The largest absolute Gasteiger partial charge is 0.370 e. The maximum absolute atomic E-state index is 12.2. The summed E-state index contributed by atoms with van der Waals surface area (Å²) in [6.45, 7) is 2.49. The van der Waals surface area contributed by atoms with Gasteiger partial charge in [0.1, 0.15) is 11.9 Å². The van der Waals surface area contributed by atoms with Crippen LogP contribution in [-0.2, 0) is 9.53 Å². The Morgan fingerprint density at radius 1 is 1.29 bits per heavy atom. The van der Waals surface area contributed by atoms with Crippen molar-refractivity contribution in [3.8, 4) is 0 Å². The number of anilines is 1. The average molecular weight is 373 g/mol. The molecule has 1 aromatic carbocycles. The Bertz CT molecular complexity index is 694. The first-order valence-corrected chi connectivity index (χ1v) is 7.92. The fourth-order valence-electron chi connectivity index (χ4n) is 3.18. The van der Waals surface area contributed by atoms with Gasteiger partial charge in [0.2, 0.25) is 5.91 Å². The summed E-state index contributed by atoms with van der Waals surface area (Å²) in [6, 6.07) is 5.79. The summed E-state index contributed by atoms with van der Waals surface area (Å²) in [6.07, 6.45) is 3.08. The van der Waals surface area contributed by atoms with Gasteiger partial charge in [0.05, 0.1) is 17.0 Å². The van der Waals surface area contributed by atoms with Gasteiger partial charge in [0.25, 0.3) is 0 Å². The van der Waals surface area contributed by atoms with E-state index in [1.165, 1.54) is 0 Å². The number of H-pyrrole nitrogens is 1. The predicted octanol–water partition coefficient (Wildman–Crippen LogP) is 2.81. The zero-order chi connectivity index (χ0) is 14.9. The molecule has 2 aliphatic heterocycles. The first kappa shape index (κ1) is 19.0. The van der Waals surface area contributed by atoms with E-state index in [1.54, 1.807) is 0 Å². The van der Waals surface area contributed by atoms with E-state index in [0.29, 0.717) is 0 Å². The molecular formula is C16H22Cl2N4O2. The summed E-state index contributed by atoms with van der Waals surface area (Å²) in [7, 11) is 0. The van der Waals surface area contributed by atoms with Crippen molar-refractivity contribution >= 4 is 47.4 Å². The summed E-state index contributed by atoms with van der Waals surface area (Å²) in [5.74, 6) is 1.04. The smallest absolute Gasteiger partial charge is 0.228 e. The Morgan fingerprint density at radius 2 is 2.17 bits per heavy atom. The fourth-order valence-corrected chi connectivity index (χ4v) is 3.18. The van der Waals surface area contributed by atoms with E-state index in [1.807, 2.05) is 18.2 Å². The van der Waals surface area contributed by atoms with Gasteiger partial charge in [-0.2, -0.15) is 0 Å². The van der Waals surface area contributed by atoms with Crippen molar-refractivity contribution in [1.82, 2.24) is 15.3 Å². The summed E-state index contributed by atoms with van der Waals surface area (Å²) in [4.78, 5) is 20.1. The molecule has 2 fully saturated rings. The lowest BCUT2D eigenvalue weighted by molar-refractivity contribution is -0.119. The van der Waals surface area contributed by atoms with Crippen LogP contribution in [0.1, 0.15) is 31.2 Å². The lowest BCUT2D eigenvalue weighted by Gasteiger charge is -2.09. The van der Waals surface area contributed by atoms with Crippen LogP contribution in [0.25, 0.3) is 11.0 Å². The van der Waals surface area contributed by atoms with Crippen LogP contribution in [0, 0.1) is 5.92 Å². The Hall–Kier alpha value is -1.34. The van der Waals surface area contributed by atoms with Crippen molar-refractivity contribution in [3.05, 3.63) is 24.0 Å². The highest BCUT2D eigenvalue weighted by atomic mass is 35.5. The Morgan fingerprint density at radius 3 is 2.88 bits per heavy atom. The average Bonchev–Trinajstić information content (AvgIpc) is 3.26. The van der Waals surface area contributed by atoms with E-state index >= 15 is 0 Å². The van der Waals surface area contributed by atoms with Crippen LogP contribution in [0.5, 0.6) is 0 Å². The van der Waals surface area contributed by atoms with Crippen LogP contribution in [0.2, 0.25) is 0 Å². The zero-order valence-corrected chi connectivity index (χ0v) is 14.8. The number of nitrogens with zero attached hydrogens (tertiary/aromatic N) is 1. The molecule has 24 heavy (non-hydrogen) atoms. The molecule has 2 unspecified atom stereocenters. The van der Waals surface area contributed by atoms with Crippen LogP contribution in [-0.4, -0.2) is 35.6 Å². The number of carbonyl (C=O) groups is 1. The number of carbonyl (C=O) groups excluding carboxylic acids is 1. The molecule has 132 valence electrons. The molecule has 2 aromatic rings. The van der Waals surface area contributed by atoms with Crippen LogP contribution in [0.3, 0.4) is 0 Å². The van der Waals surface area contributed by atoms with Gasteiger partial charge in [-0.05, 0) is 44.0 Å². The summed E-state index contributed by atoms with van der Waals surface area (Å²) in [5, 5.41) is 6.21. The molecule has 0 radical (unpaired) electrons. The lowest BCUT2D eigenvalue weighted by atomic mass is 10.1. The van der Waals surface area contributed by atoms with Gasteiger partial charge in [0, 0.05) is 18.8 Å². The number of aromatic amines is 1. The fraction of sp³-hybridized carbons (Fsp3) is 0.500. The third-order valence-electron chi connectivity index (χ3n) is 4.43. The quantitative estimate of drug-likeness (QED) is 0.773. The van der Waals surface area contributed by atoms with Crippen molar-refractivity contribution in [1.29, 1.82) is 0 Å². The van der Waals surface area contributed by atoms with Gasteiger partial charge < -0.3 is 20.4 Å². The van der Waals surface area contributed by atoms with Crippen molar-refractivity contribution in [2.45, 2.75) is 25.4 Å². The van der Waals surface area contributed by atoms with E-state index in [0.717, 1.165) is 61.5 Å². The molecular weight excluding hydrogens is 351 g/mol. The monoisotopic (exact) mass is 372 g/mol. The maximum atomic E-state index is 12.2. The minimum absolute atomic E-state index is 0. The van der Waals surface area contributed by atoms with E-state index in [4.69, 9.17) is 4.74 Å². The molecule has 3 N–H and O–H groups in total. The number of imidazole rings is 1. The van der Waals surface area contributed by atoms with E-state index in [2.05, 4.69) is 20.6 Å². The van der Waals surface area contributed by atoms with Gasteiger partial charge in [0.15, 0.2) is 0 Å². The second-order valence-electron chi connectivity index (χ2n) is 6.03. The van der Waals surface area contributed by atoms with Gasteiger partial charge in [-0.25, -0.2) is 4.98 Å². The number of hydrogen-bond donors (Lipinski definition) is 3. The number of hydrogen-bond acceptors (Lipinski definition) is 4. The molecule has 0 spiro atoms. The Kier molecular flexibility index (Phi) is 6.46. The highest BCUT2D eigenvalue weighted by molar-refractivity contribution is 5.94. The zero-order valence-electron chi connectivity index (χ0n) is 13.2. The second-order valence-corrected chi connectivity index (χ2v) is 6.03. The van der Waals surface area contributed by atoms with Crippen LogP contribution >= 0.6 is 24.8 Å². The summed E-state index contributed by atoms with van der Waals surface area (Å²) >= 11 is 0. The first-order chi connectivity index (χ1) is 10.8. The number of halogens is 2. The van der Waals surface area contributed by atoms with Gasteiger partial charge in [-0.1, -0.05) is 0 Å². The number of ether oxygens (including phenoxy) is 1. The van der Waals surface area contributed by atoms with E-state index in [9.17, 15) is 4.79 Å². The number of rotatable bonds is 3. The number of fused-ring (bicyclic) bond motifs is 1. The molecule has 2 aliphatic rings. The molecule has 0 bridgehead atoms. The minimum atomic E-state index is 0. The van der Waals surface area contributed by atoms with E-state index < -0.39 is 0 Å². The maximum Gasteiger partial charge on any atom is 0.228 e. The molecule has 0 saturated carbocycles. The number of benzene rings is 1. The molecule has 8 heteroatoms. The third-order valence-corrected chi connectivity index (χ3v) is 4.43. The normalized spacial score (nSPS) is 22.8.